The van der Waals surface area contributed by atoms with Crippen LogP contribution in [0, 0.1) is 0 Å². The van der Waals surface area contributed by atoms with Gasteiger partial charge < -0.3 is 10.2 Å². The fourth-order valence-corrected chi connectivity index (χ4v) is 3.63. The van der Waals surface area contributed by atoms with Crippen molar-refractivity contribution in [2.75, 3.05) is 0 Å². The third-order valence-corrected chi connectivity index (χ3v) is 4.87. The standard InChI is InChI=1S/C22H12O4/c23-16-2-1-11-7-19-13(3-12(11)5-16)4-14-8-18-15(9-20(14)22(19)26)6-17(24)10-21(18)25/h1-10,23,25H. The number of rotatable bonds is 0. The average Bonchev–Trinajstić information content (AvgIpc) is 2.60. The van der Waals surface area contributed by atoms with E-state index in [0.717, 1.165) is 16.3 Å². The van der Waals surface area contributed by atoms with Crippen molar-refractivity contribution in [2.45, 2.75) is 0 Å². The number of aromatic hydroxyl groups is 1. The summed E-state index contributed by atoms with van der Waals surface area (Å²) in [4.78, 5) is 24.7. The summed E-state index contributed by atoms with van der Waals surface area (Å²) in [7, 11) is 0. The van der Waals surface area contributed by atoms with Crippen molar-refractivity contribution < 1.29 is 19.8 Å². The first-order chi connectivity index (χ1) is 12.5. The summed E-state index contributed by atoms with van der Waals surface area (Å²) >= 11 is 0. The average molecular weight is 340 g/mol. The Labute approximate surface area is 147 Å². The van der Waals surface area contributed by atoms with Gasteiger partial charge in [-0.15, -0.1) is 0 Å². The molecule has 0 atom stereocenters. The summed E-state index contributed by atoms with van der Waals surface area (Å²) in [5.41, 5.74) is 2.39. The van der Waals surface area contributed by atoms with E-state index >= 15 is 0 Å². The first-order valence-corrected chi connectivity index (χ1v) is 8.13. The van der Waals surface area contributed by atoms with Crippen molar-refractivity contribution in [3.63, 3.8) is 0 Å². The largest absolute Gasteiger partial charge is 0.508 e. The van der Waals surface area contributed by atoms with Crippen LogP contribution in [0.1, 0.15) is 27.0 Å². The van der Waals surface area contributed by atoms with Gasteiger partial charge in [-0.1, -0.05) is 6.07 Å². The molecule has 5 rings (SSSR count). The van der Waals surface area contributed by atoms with E-state index in [1.54, 1.807) is 30.3 Å². The molecule has 0 amide bonds. The highest BCUT2D eigenvalue weighted by molar-refractivity contribution is 6.19. The fraction of sp³-hybridized carbons (Fsp3) is 0. The van der Waals surface area contributed by atoms with Crippen molar-refractivity contribution in [2.24, 2.45) is 0 Å². The van der Waals surface area contributed by atoms with Gasteiger partial charge in [0.05, 0.1) is 0 Å². The Morgan fingerprint density at radius 1 is 0.654 bits per heavy atom. The lowest BCUT2D eigenvalue weighted by atomic mass is 9.87. The van der Waals surface area contributed by atoms with E-state index in [0.29, 0.717) is 27.1 Å². The molecule has 4 nitrogen and oxygen atoms in total. The maximum atomic E-state index is 13.0. The predicted octanol–water partition coefficient (Wildman–Crippen LogP) is 2.18. The monoisotopic (exact) mass is 340 g/mol. The minimum Gasteiger partial charge on any atom is -0.508 e. The molecule has 2 N–H and O–H groups in total. The number of allylic oxidation sites excluding steroid dienone is 1. The Balaban J connectivity index is 1.84. The quantitative estimate of drug-likeness (QED) is 0.515. The van der Waals surface area contributed by atoms with Crippen LogP contribution in [0.5, 0.6) is 5.75 Å². The normalized spacial score (nSPS) is 14.7. The van der Waals surface area contributed by atoms with Gasteiger partial charge in [0.2, 0.25) is 0 Å². The molecule has 0 fully saturated rings. The Morgan fingerprint density at radius 3 is 2.27 bits per heavy atom. The van der Waals surface area contributed by atoms with Crippen molar-refractivity contribution in [3.8, 4) is 5.75 Å². The molecule has 0 aromatic heterocycles. The fourth-order valence-electron chi connectivity index (χ4n) is 3.63. The van der Waals surface area contributed by atoms with E-state index in [2.05, 4.69) is 0 Å². The molecule has 26 heavy (non-hydrogen) atoms. The summed E-state index contributed by atoms with van der Waals surface area (Å²) in [6.45, 7) is 0. The van der Waals surface area contributed by atoms with Crippen LogP contribution < -0.4 is 10.4 Å². The minimum absolute atomic E-state index is 0.0922. The Hall–Kier alpha value is -3.66. The van der Waals surface area contributed by atoms with Crippen LogP contribution >= 0.6 is 0 Å². The van der Waals surface area contributed by atoms with Gasteiger partial charge in [0.15, 0.2) is 11.6 Å². The highest BCUT2D eigenvalue weighted by Gasteiger charge is 2.22. The molecule has 0 aliphatic heterocycles. The first kappa shape index (κ1) is 14.7. The zero-order chi connectivity index (χ0) is 18.0. The molecule has 0 radical (unpaired) electrons. The molecule has 124 valence electrons. The minimum atomic E-state index is -0.298. The highest BCUT2D eigenvalue weighted by atomic mass is 16.3. The van der Waals surface area contributed by atoms with E-state index in [9.17, 15) is 19.8 Å². The number of phenols is 1. The number of fused-ring (bicyclic) bond motifs is 4. The number of benzene rings is 3. The van der Waals surface area contributed by atoms with Gasteiger partial charge >= 0.3 is 0 Å². The van der Waals surface area contributed by atoms with Crippen LogP contribution in [0.25, 0.3) is 28.7 Å². The zero-order valence-electron chi connectivity index (χ0n) is 13.5. The number of carbonyl (C=O) groups excluding carboxylic acids is 2. The summed E-state index contributed by atoms with van der Waals surface area (Å²) in [5.74, 6) is -0.340. The lowest BCUT2D eigenvalue weighted by Crippen LogP contribution is -2.28. The van der Waals surface area contributed by atoms with Gasteiger partial charge in [-0.05, 0) is 75.3 Å². The van der Waals surface area contributed by atoms with Crippen LogP contribution in [0.3, 0.4) is 0 Å². The molecule has 2 aliphatic rings. The smallest absolute Gasteiger partial charge is 0.194 e. The van der Waals surface area contributed by atoms with E-state index in [1.165, 1.54) is 12.2 Å². The summed E-state index contributed by atoms with van der Waals surface area (Å²) in [6.07, 6.45) is 4.48. The lowest BCUT2D eigenvalue weighted by molar-refractivity contribution is -0.109. The van der Waals surface area contributed by atoms with Crippen LogP contribution in [0.2, 0.25) is 0 Å². The molecule has 2 aliphatic carbocycles. The maximum absolute atomic E-state index is 13.0. The second-order valence-corrected chi connectivity index (χ2v) is 6.55. The third kappa shape index (κ3) is 2.02. The Morgan fingerprint density at radius 2 is 1.42 bits per heavy atom. The molecule has 0 bridgehead atoms. The SMILES string of the molecule is O=C1C=C(O)c2cc3c(cc2=C1)C(=O)c1cc2ccc(O)cc2cc1C=3. The van der Waals surface area contributed by atoms with Crippen LogP contribution in [0.4, 0.5) is 0 Å². The topological polar surface area (TPSA) is 74.6 Å². The van der Waals surface area contributed by atoms with E-state index in [-0.39, 0.29) is 23.1 Å². The number of hydrogen-bond acceptors (Lipinski definition) is 4. The molecule has 3 aromatic carbocycles. The number of phenolic OH excluding ortho intramolecular Hbond substituents is 1. The van der Waals surface area contributed by atoms with Crippen LogP contribution in [0.15, 0.2) is 48.5 Å². The van der Waals surface area contributed by atoms with Crippen molar-refractivity contribution >= 4 is 40.3 Å². The molecule has 0 spiro atoms. The van der Waals surface area contributed by atoms with E-state index < -0.39 is 0 Å². The van der Waals surface area contributed by atoms with Gasteiger partial charge in [0.1, 0.15) is 11.5 Å². The first-order valence-electron chi connectivity index (χ1n) is 8.13. The number of hydrogen-bond donors (Lipinski definition) is 2. The predicted molar refractivity (Wildman–Crippen MR) is 98.4 cm³/mol. The molecule has 4 heteroatoms. The van der Waals surface area contributed by atoms with Gasteiger partial charge in [0, 0.05) is 22.8 Å². The number of carbonyl (C=O) groups is 2. The van der Waals surface area contributed by atoms with Gasteiger partial charge in [-0.3, -0.25) is 9.59 Å². The van der Waals surface area contributed by atoms with Crippen LogP contribution in [-0.2, 0) is 4.79 Å². The number of aliphatic hydroxyl groups is 1. The molecular formula is C22H12O4. The number of aliphatic hydroxyl groups excluding tert-OH is 1. The maximum Gasteiger partial charge on any atom is 0.194 e. The van der Waals surface area contributed by atoms with Crippen molar-refractivity contribution in [1.29, 1.82) is 0 Å². The number of ketones is 2. The molecule has 3 aromatic rings. The molecule has 0 heterocycles. The second kappa shape index (κ2) is 4.92. The third-order valence-electron chi connectivity index (χ3n) is 4.87. The lowest BCUT2D eigenvalue weighted by Gasteiger charge is -2.16. The Kier molecular flexibility index (Phi) is 2.78. The van der Waals surface area contributed by atoms with Gasteiger partial charge in [-0.25, -0.2) is 0 Å². The highest BCUT2D eigenvalue weighted by Crippen LogP contribution is 2.27. The zero-order valence-corrected chi connectivity index (χ0v) is 13.5. The van der Waals surface area contributed by atoms with Crippen molar-refractivity contribution in [3.05, 3.63) is 81.2 Å². The second-order valence-electron chi connectivity index (χ2n) is 6.55. The molecule has 0 unspecified atom stereocenters. The molecule has 0 saturated carbocycles. The molecule has 0 saturated heterocycles. The molecular weight excluding hydrogens is 328 g/mol. The van der Waals surface area contributed by atoms with Gasteiger partial charge in [0.25, 0.3) is 0 Å². The summed E-state index contributed by atoms with van der Waals surface area (Å²) in [5, 5.41) is 22.7. The van der Waals surface area contributed by atoms with Gasteiger partial charge in [-0.2, -0.15) is 0 Å². The van der Waals surface area contributed by atoms with Crippen molar-refractivity contribution in [1.82, 2.24) is 0 Å². The van der Waals surface area contributed by atoms with E-state index in [4.69, 9.17) is 0 Å². The van der Waals surface area contributed by atoms with Crippen LogP contribution in [-0.4, -0.2) is 21.8 Å². The van der Waals surface area contributed by atoms with E-state index in [1.807, 2.05) is 18.2 Å². The summed E-state index contributed by atoms with van der Waals surface area (Å²) < 4.78 is 0. The Bertz CT molecular complexity index is 1330. The summed E-state index contributed by atoms with van der Waals surface area (Å²) in [6, 6.07) is 12.1.